The average Bonchev–Trinajstić information content (AvgIpc) is 2.39. The number of carbonyl (C=O) groups is 1. The van der Waals surface area contributed by atoms with Gasteiger partial charge < -0.3 is 10.0 Å². The van der Waals surface area contributed by atoms with Crippen molar-refractivity contribution >= 4 is 5.91 Å². The molecule has 0 aromatic heterocycles. The fourth-order valence-electron chi connectivity index (χ4n) is 2.84. The lowest BCUT2D eigenvalue weighted by Gasteiger charge is -2.36. The lowest BCUT2D eigenvalue weighted by atomic mass is 9.96. The Morgan fingerprint density at radius 2 is 2.11 bits per heavy atom. The van der Waals surface area contributed by atoms with Crippen molar-refractivity contribution in [2.75, 3.05) is 6.54 Å². The van der Waals surface area contributed by atoms with Gasteiger partial charge in [-0.1, -0.05) is 30.3 Å². The third kappa shape index (κ3) is 4.06. The molecule has 0 radical (unpaired) electrons. The molecule has 2 atom stereocenters. The minimum absolute atomic E-state index is 0.191. The minimum Gasteiger partial charge on any atom is -0.393 e. The maximum absolute atomic E-state index is 12.4. The van der Waals surface area contributed by atoms with Gasteiger partial charge in [0.05, 0.1) is 12.5 Å². The van der Waals surface area contributed by atoms with Crippen LogP contribution in [0.2, 0.25) is 0 Å². The molecule has 1 heterocycles. The van der Waals surface area contributed by atoms with Crippen LogP contribution in [-0.2, 0) is 11.2 Å². The number of carbonyl (C=O) groups excluding carboxylic acids is 1. The predicted molar refractivity (Wildman–Crippen MR) is 75.8 cm³/mol. The first kappa shape index (κ1) is 14.1. The van der Waals surface area contributed by atoms with Crippen LogP contribution in [0.5, 0.6) is 0 Å². The average molecular weight is 261 g/mol. The zero-order valence-electron chi connectivity index (χ0n) is 11.6. The van der Waals surface area contributed by atoms with E-state index in [1.165, 1.54) is 0 Å². The molecule has 2 unspecified atom stereocenters. The first-order valence-electron chi connectivity index (χ1n) is 7.18. The second-order valence-corrected chi connectivity index (χ2v) is 5.48. The van der Waals surface area contributed by atoms with Crippen LogP contribution >= 0.6 is 0 Å². The van der Waals surface area contributed by atoms with Crippen molar-refractivity contribution in [2.45, 2.75) is 51.2 Å². The molecule has 3 nitrogen and oxygen atoms in total. The number of piperidine rings is 1. The molecule has 0 spiro atoms. The van der Waals surface area contributed by atoms with E-state index in [0.29, 0.717) is 12.8 Å². The molecule has 1 fully saturated rings. The SMILES string of the molecule is CC(O)CC1CCCCN1C(=O)Cc1ccccc1. The fourth-order valence-corrected chi connectivity index (χ4v) is 2.84. The van der Waals surface area contributed by atoms with Crippen LogP contribution in [0, 0.1) is 0 Å². The summed E-state index contributed by atoms with van der Waals surface area (Å²) in [4.78, 5) is 14.4. The first-order chi connectivity index (χ1) is 9.16. The van der Waals surface area contributed by atoms with Crippen LogP contribution in [-0.4, -0.2) is 34.6 Å². The smallest absolute Gasteiger partial charge is 0.227 e. The van der Waals surface area contributed by atoms with E-state index >= 15 is 0 Å². The molecule has 1 amide bonds. The van der Waals surface area contributed by atoms with Crippen LogP contribution in [0.15, 0.2) is 30.3 Å². The van der Waals surface area contributed by atoms with Crippen LogP contribution in [0.4, 0.5) is 0 Å². The van der Waals surface area contributed by atoms with E-state index in [-0.39, 0.29) is 18.1 Å². The highest BCUT2D eigenvalue weighted by molar-refractivity contribution is 5.79. The molecule has 1 saturated heterocycles. The molecule has 1 aromatic carbocycles. The van der Waals surface area contributed by atoms with Gasteiger partial charge in [-0.3, -0.25) is 4.79 Å². The summed E-state index contributed by atoms with van der Waals surface area (Å²) in [6.45, 7) is 2.64. The van der Waals surface area contributed by atoms with Gasteiger partial charge in [-0.15, -0.1) is 0 Å². The van der Waals surface area contributed by atoms with Crippen LogP contribution in [0.25, 0.3) is 0 Å². The number of aliphatic hydroxyl groups excluding tert-OH is 1. The molecule has 104 valence electrons. The van der Waals surface area contributed by atoms with Crippen molar-refractivity contribution in [1.29, 1.82) is 0 Å². The van der Waals surface area contributed by atoms with Crippen molar-refractivity contribution < 1.29 is 9.90 Å². The number of aliphatic hydroxyl groups is 1. The van der Waals surface area contributed by atoms with E-state index < -0.39 is 0 Å². The van der Waals surface area contributed by atoms with Gasteiger partial charge >= 0.3 is 0 Å². The number of nitrogens with zero attached hydrogens (tertiary/aromatic N) is 1. The van der Waals surface area contributed by atoms with Gasteiger partial charge in [-0.2, -0.15) is 0 Å². The summed E-state index contributed by atoms with van der Waals surface area (Å²) in [6.07, 6.45) is 4.09. The second kappa shape index (κ2) is 6.71. The summed E-state index contributed by atoms with van der Waals surface area (Å²) < 4.78 is 0. The van der Waals surface area contributed by atoms with Crippen molar-refractivity contribution in [2.24, 2.45) is 0 Å². The standard InChI is InChI=1S/C16H23NO2/c1-13(18)11-15-9-5-6-10-17(15)16(19)12-14-7-3-2-4-8-14/h2-4,7-8,13,15,18H,5-6,9-12H2,1H3. The Bertz CT molecular complexity index is 402. The van der Waals surface area contributed by atoms with Crippen molar-refractivity contribution in [3.63, 3.8) is 0 Å². The lowest BCUT2D eigenvalue weighted by molar-refractivity contribution is -0.134. The van der Waals surface area contributed by atoms with E-state index in [1.54, 1.807) is 6.92 Å². The maximum atomic E-state index is 12.4. The van der Waals surface area contributed by atoms with E-state index in [0.717, 1.165) is 31.4 Å². The highest BCUT2D eigenvalue weighted by Gasteiger charge is 2.27. The topological polar surface area (TPSA) is 40.5 Å². The molecule has 0 bridgehead atoms. The van der Waals surface area contributed by atoms with Crippen molar-refractivity contribution in [3.8, 4) is 0 Å². The van der Waals surface area contributed by atoms with Gasteiger partial charge in [0.15, 0.2) is 0 Å². The summed E-state index contributed by atoms with van der Waals surface area (Å²) in [6, 6.07) is 10.1. The molecule has 19 heavy (non-hydrogen) atoms. The molecule has 1 aromatic rings. The Morgan fingerprint density at radius 1 is 1.37 bits per heavy atom. The van der Waals surface area contributed by atoms with Crippen LogP contribution < -0.4 is 0 Å². The molecule has 0 aliphatic carbocycles. The highest BCUT2D eigenvalue weighted by atomic mass is 16.3. The first-order valence-corrected chi connectivity index (χ1v) is 7.18. The summed E-state index contributed by atoms with van der Waals surface area (Å²) in [5.74, 6) is 0.191. The van der Waals surface area contributed by atoms with Gasteiger partial charge in [0.2, 0.25) is 5.91 Å². The van der Waals surface area contributed by atoms with Crippen molar-refractivity contribution in [1.82, 2.24) is 4.90 Å². The molecule has 2 rings (SSSR count). The quantitative estimate of drug-likeness (QED) is 0.904. The number of hydrogen-bond acceptors (Lipinski definition) is 2. The zero-order valence-corrected chi connectivity index (χ0v) is 11.6. The number of hydrogen-bond donors (Lipinski definition) is 1. The lowest BCUT2D eigenvalue weighted by Crippen LogP contribution is -2.45. The number of benzene rings is 1. The number of rotatable bonds is 4. The molecule has 1 aliphatic heterocycles. The Kier molecular flexibility index (Phi) is 4.97. The van der Waals surface area contributed by atoms with E-state index in [4.69, 9.17) is 0 Å². The zero-order chi connectivity index (χ0) is 13.7. The molecule has 1 N–H and O–H groups in total. The Hall–Kier alpha value is -1.35. The molecule has 0 saturated carbocycles. The fraction of sp³-hybridized carbons (Fsp3) is 0.562. The van der Waals surface area contributed by atoms with Gasteiger partial charge in [-0.05, 0) is 38.2 Å². The Morgan fingerprint density at radius 3 is 2.79 bits per heavy atom. The van der Waals surface area contributed by atoms with Gasteiger partial charge in [0.25, 0.3) is 0 Å². The summed E-state index contributed by atoms with van der Waals surface area (Å²) >= 11 is 0. The summed E-state index contributed by atoms with van der Waals surface area (Å²) in [7, 11) is 0. The van der Waals surface area contributed by atoms with E-state index in [9.17, 15) is 9.90 Å². The third-order valence-electron chi connectivity index (χ3n) is 3.76. The predicted octanol–water partition coefficient (Wildman–Crippen LogP) is 2.38. The van der Waals surface area contributed by atoms with Gasteiger partial charge in [-0.25, -0.2) is 0 Å². The van der Waals surface area contributed by atoms with Crippen LogP contribution in [0.1, 0.15) is 38.2 Å². The highest BCUT2D eigenvalue weighted by Crippen LogP contribution is 2.22. The van der Waals surface area contributed by atoms with Gasteiger partial charge in [0.1, 0.15) is 0 Å². The molecular weight excluding hydrogens is 238 g/mol. The molecule has 3 heteroatoms. The molecule has 1 aliphatic rings. The second-order valence-electron chi connectivity index (χ2n) is 5.48. The van der Waals surface area contributed by atoms with E-state index in [1.807, 2.05) is 35.2 Å². The minimum atomic E-state index is -0.338. The third-order valence-corrected chi connectivity index (χ3v) is 3.76. The van der Waals surface area contributed by atoms with Crippen LogP contribution in [0.3, 0.4) is 0 Å². The largest absolute Gasteiger partial charge is 0.393 e. The Balaban J connectivity index is 1.99. The van der Waals surface area contributed by atoms with E-state index in [2.05, 4.69) is 0 Å². The monoisotopic (exact) mass is 261 g/mol. The number of likely N-dealkylation sites (tertiary alicyclic amines) is 1. The Labute approximate surface area is 115 Å². The summed E-state index contributed by atoms with van der Waals surface area (Å²) in [5.41, 5.74) is 1.06. The van der Waals surface area contributed by atoms with Gasteiger partial charge in [0, 0.05) is 12.6 Å². The summed E-state index contributed by atoms with van der Waals surface area (Å²) in [5, 5.41) is 9.56. The van der Waals surface area contributed by atoms with Crippen molar-refractivity contribution in [3.05, 3.63) is 35.9 Å². The normalized spacial score (nSPS) is 21.2. The maximum Gasteiger partial charge on any atom is 0.227 e. The molecular formula is C16H23NO2. The number of amides is 1.